The largest absolute Gasteiger partial charge is 0.356 e. The Morgan fingerprint density at radius 3 is 2.68 bits per heavy atom. The van der Waals surface area contributed by atoms with Crippen LogP contribution in [-0.4, -0.2) is 31.2 Å². The SMILES string of the molecule is CNC1CCN(c2nc3ccccc3cc2C)CC1. The molecule has 3 nitrogen and oxygen atoms in total. The Morgan fingerprint density at radius 2 is 1.95 bits per heavy atom. The summed E-state index contributed by atoms with van der Waals surface area (Å²) < 4.78 is 0. The maximum atomic E-state index is 4.85. The van der Waals surface area contributed by atoms with E-state index in [2.05, 4.69) is 54.5 Å². The third kappa shape index (κ3) is 2.43. The zero-order valence-electron chi connectivity index (χ0n) is 11.7. The van der Waals surface area contributed by atoms with E-state index in [9.17, 15) is 0 Å². The molecule has 3 rings (SSSR count). The molecule has 1 saturated heterocycles. The molecule has 0 aliphatic carbocycles. The molecule has 0 spiro atoms. The third-order valence-electron chi connectivity index (χ3n) is 4.09. The van der Waals surface area contributed by atoms with Gasteiger partial charge >= 0.3 is 0 Å². The number of rotatable bonds is 2. The van der Waals surface area contributed by atoms with Gasteiger partial charge in [0.25, 0.3) is 0 Å². The summed E-state index contributed by atoms with van der Waals surface area (Å²) in [6.07, 6.45) is 2.40. The minimum absolute atomic E-state index is 0.664. The van der Waals surface area contributed by atoms with Crippen molar-refractivity contribution in [3.8, 4) is 0 Å². The van der Waals surface area contributed by atoms with Crippen molar-refractivity contribution in [2.75, 3.05) is 25.0 Å². The average Bonchev–Trinajstić information content (AvgIpc) is 2.47. The fourth-order valence-electron chi connectivity index (χ4n) is 2.91. The molecule has 3 heteroatoms. The van der Waals surface area contributed by atoms with Crippen LogP contribution in [0.1, 0.15) is 18.4 Å². The lowest BCUT2D eigenvalue weighted by Gasteiger charge is -2.33. The molecule has 0 atom stereocenters. The number of piperidine rings is 1. The second kappa shape index (κ2) is 5.17. The Morgan fingerprint density at radius 1 is 1.21 bits per heavy atom. The normalized spacial score (nSPS) is 17.1. The van der Waals surface area contributed by atoms with Gasteiger partial charge in [-0.1, -0.05) is 18.2 Å². The van der Waals surface area contributed by atoms with Crippen molar-refractivity contribution >= 4 is 16.7 Å². The van der Waals surface area contributed by atoms with Gasteiger partial charge < -0.3 is 10.2 Å². The van der Waals surface area contributed by atoms with Gasteiger partial charge in [0.05, 0.1) is 5.52 Å². The van der Waals surface area contributed by atoms with Gasteiger partial charge in [0.15, 0.2) is 0 Å². The summed E-state index contributed by atoms with van der Waals surface area (Å²) in [5.41, 5.74) is 2.38. The molecule has 2 aromatic rings. The summed E-state index contributed by atoms with van der Waals surface area (Å²) in [6, 6.07) is 11.3. The van der Waals surface area contributed by atoms with E-state index in [0.29, 0.717) is 6.04 Å². The van der Waals surface area contributed by atoms with Crippen LogP contribution in [0.4, 0.5) is 5.82 Å². The molecule has 1 aliphatic rings. The molecule has 1 aliphatic heterocycles. The third-order valence-corrected chi connectivity index (χ3v) is 4.09. The highest BCUT2D eigenvalue weighted by atomic mass is 15.2. The lowest BCUT2D eigenvalue weighted by atomic mass is 10.0. The molecule has 0 bridgehead atoms. The lowest BCUT2D eigenvalue weighted by molar-refractivity contribution is 0.440. The standard InChI is InChI=1S/C16H21N3/c1-12-11-13-5-3-4-6-15(13)18-16(12)19-9-7-14(17-2)8-10-19/h3-6,11,14,17H,7-10H2,1-2H3. The zero-order valence-corrected chi connectivity index (χ0v) is 11.7. The van der Waals surface area contributed by atoms with Crippen molar-refractivity contribution < 1.29 is 0 Å². The molecule has 2 heterocycles. The molecule has 0 amide bonds. The molecule has 0 saturated carbocycles. The summed E-state index contributed by atoms with van der Waals surface area (Å²) >= 11 is 0. The van der Waals surface area contributed by atoms with E-state index in [1.165, 1.54) is 23.8 Å². The van der Waals surface area contributed by atoms with Gasteiger partial charge in [-0.3, -0.25) is 0 Å². The number of nitrogens with zero attached hydrogens (tertiary/aromatic N) is 2. The van der Waals surface area contributed by atoms with Gasteiger partial charge in [0, 0.05) is 24.5 Å². The number of fused-ring (bicyclic) bond motifs is 1. The Labute approximate surface area is 114 Å². The molecule has 0 radical (unpaired) electrons. The quantitative estimate of drug-likeness (QED) is 0.894. The van der Waals surface area contributed by atoms with Crippen LogP contribution in [0, 0.1) is 6.92 Å². The van der Waals surface area contributed by atoms with Crippen molar-refractivity contribution in [2.45, 2.75) is 25.8 Å². The average molecular weight is 255 g/mol. The molecule has 1 N–H and O–H groups in total. The van der Waals surface area contributed by atoms with Gasteiger partial charge in [0.1, 0.15) is 5.82 Å². The summed E-state index contributed by atoms with van der Waals surface area (Å²) in [5.74, 6) is 1.16. The Kier molecular flexibility index (Phi) is 3.38. The molecular weight excluding hydrogens is 234 g/mol. The Balaban J connectivity index is 1.90. The number of hydrogen-bond donors (Lipinski definition) is 1. The summed E-state index contributed by atoms with van der Waals surface area (Å²) in [5, 5.41) is 4.60. The van der Waals surface area contributed by atoms with E-state index in [1.54, 1.807) is 0 Å². The number of nitrogens with one attached hydrogen (secondary N) is 1. The molecular formula is C16H21N3. The van der Waals surface area contributed by atoms with Crippen LogP contribution in [-0.2, 0) is 0 Å². The zero-order chi connectivity index (χ0) is 13.2. The van der Waals surface area contributed by atoms with Gasteiger partial charge in [-0.25, -0.2) is 4.98 Å². The second-order valence-corrected chi connectivity index (χ2v) is 5.37. The van der Waals surface area contributed by atoms with Crippen molar-refractivity contribution in [3.05, 3.63) is 35.9 Å². The van der Waals surface area contributed by atoms with Crippen molar-refractivity contribution in [1.29, 1.82) is 0 Å². The number of pyridine rings is 1. The first-order valence-corrected chi connectivity index (χ1v) is 7.06. The molecule has 1 aromatic carbocycles. The summed E-state index contributed by atoms with van der Waals surface area (Å²) in [4.78, 5) is 7.28. The monoisotopic (exact) mass is 255 g/mol. The minimum atomic E-state index is 0.664. The first kappa shape index (κ1) is 12.4. The molecule has 100 valence electrons. The van der Waals surface area contributed by atoms with Crippen molar-refractivity contribution in [3.63, 3.8) is 0 Å². The highest BCUT2D eigenvalue weighted by Gasteiger charge is 2.20. The molecule has 0 unspecified atom stereocenters. The predicted octanol–water partition coefficient (Wildman–Crippen LogP) is 2.73. The van der Waals surface area contributed by atoms with E-state index < -0.39 is 0 Å². The predicted molar refractivity (Wildman–Crippen MR) is 80.8 cm³/mol. The molecule has 19 heavy (non-hydrogen) atoms. The van der Waals surface area contributed by atoms with Gasteiger partial charge in [-0.15, -0.1) is 0 Å². The topological polar surface area (TPSA) is 28.2 Å². The number of benzene rings is 1. The number of anilines is 1. The van der Waals surface area contributed by atoms with Crippen LogP contribution >= 0.6 is 0 Å². The fourth-order valence-corrected chi connectivity index (χ4v) is 2.91. The van der Waals surface area contributed by atoms with Gasteiger partial charge in [-0.05, 0) is 44.5 Å². The van der Waals surface area contributed by atoms with E-state index in [-0.39, 0.29) is 0 Å². The number of aromatic nitrogens is 1. The van der Waals surface area contributed by atoms with E-state index in [1.807, 2.05) is 0 Å². The van der Waals surface area contributed by atoms with E-state index in [0.717, 1.165) is 24.4 Å². The van der Waals surface area contributed by atoms with Crippen LogP contribution in [0.5, 0.6) is 0 Å². The number of aryl methyl sites for hydroxylation is 1. The van der Waals surface area contributed by atoms with Gasteiger partial charge in [0.2, 0.25) is 0 Å². The van der Waals surface area contributed by atoms with Crippen LogP contribution in [0.15, 0.2) is 30.3 Å². The first-order valence-electron chi connectivity index (χ1n) is 7.06. The summed E-state index contributed by atoms with van der Waals surface area (Å²) in [6.45, 7) is 4.36. The number of hydrogen-bond acceptors (Lipinski definition) is 3. The second-order valence-electron chi connectivity index (χ2n) is 5.37. The summed E-state index contributed by atoms with van der Waals surface area (Å²) in [7, 11) is 2.06. The van der Waals surface area contributed by atoms with Gasteiger partial charge in [-0.2, -0.15) is 0 Å². The van der Waals surface area contributed by atoms with Crippen molar-refractivity contribution in [1.82, 2.24) is 10.3 Å². The van der Waals surface area contributed by atoms with E-state index in [4.69, 9.17) is 4.98 Å². The molecule has 1 aromatic heterocycles. The van der Waals surface area contributed by atoms with Crippen molar-refractivity contribution in [2.24, 2.45) is 0 Å². The number of para-hydroxylation sites is 1. The highest BCUT2D eigenvalue weighted by molar-refractivity contribution is 5.81. The molecule has 1 fully saturated rings. The van der Waals surface area contributed by atoms with E-state index >= 15 is 0 Å². The lowest BCUT2D eigenvalue weighted by Crippen LogP contribution is -2.41. The highest BCUT2D eigenvalue weighted by Crippen LogP contribution is 2.25. The smallest absolute Gasteiger partial charge is 0.132 e. The Bertz CT molecular complexity index is 571. The minimum Gasteiger partial charge on any atom is -0.356 e. The maximum Gasteiger partial charge on any atom is 0.132 e. The van der Waals surface area contributed by atoms with Crippen LogP contribution in [0.3, 0.4) is 0 Å². The van der Waals surface area contributed by atoms with Crippen LogP contribution < -0.4 is 10.2 Å². The fraction of sp³-hybridized carbons (Fsp3) is 0.438. The maximum absolute atomic E-state index is 4.85. The van der Waals surface area contributed by atoms with Crippen LogP contribution in [0.2, 0.25) is 0 Å². The Hall–Kier alpha value is -1.61. The van der Waals surface area contributed by atoms with Crippen LogP contribution in [0.25, 0.3) is 10.9 Å². The first-order chi connectivity index (χ1) is 9.28.